The Morgan fingerprint density at radius 1 is 1.10 bits per heavy atom. The summed E-state index contributed by atoms with van der Waals surface area (Å²) >= 11 is 0. The van der Waals surface area contributed by atoms with Crippen LogP contribution in [0.25, 0.3) is 0 Å². The number of hydrogen-bond acceptors (Lipinski definition) is 4. The minimum absolute atomic E-state index is 0.182. The summed E-state index contributed by atoms with van der Waals surface area (Å²) in [5.41, 5.74) is 0.182. The predicted molar refractivity (Wildman–Crippen MR) is 80.7 cm³/mol. The van der Waals surface area contributed by atoms with Crippen molar-refractivity contribution < 1.29 is 4.42 Å². The molecule has 4 heteroatoms. The lowest BCUT2D eigenvalue weighted by Gasteiger charge is -2.20. The number of nitrogens with one attached hydrogen (secondary N) is 1. The molecule has 0 aliphatic heterocycles. The van der Waals surface area contributed by atoms with Gasteiger partial charge >= 0.3 is 0 Å². The second-order valence-corrected chi connectivity index (χ2v) is 7.08. The first-order valence-corrected chi connectivity index (χ1v) is 8.09. The van der Waals surface area contributed by atoms with E-state index in [0.29, 0.717) is 0 Å². The summed E-state index contributed by atoms with van der Waals surface area (Å²) in [6, 6.07) is 0. The van der Waals surface area contributed by atoms with Crippen LogP contribution in [0.2, 0.25) is 0 Å². The van der Waals surface area contributed by atoms with Gasteiger partial charge in [-0.25, -0.2) is 0 Å². The van der Waals surface area contributed by atoms with Gasteiger partial charge in [0.1, 0.15) is 0 Å². The molecule has 1 heterocycles. The highest BCUT2D eigenvalue weighted by Gasteiger charge is 2.17. The predicted octanol–water partition coefficient (Wildman–Crippen LogP) is 3.51. The highest BCUT2D eigenvalue weighted by molar-refractivity contribution is 4.85. The van der Waals surface area contributed by atoms with Crippen LogP contribution in [0.15, 0.2) is 4.42 Å². The molecule has 2 rings (SSSR count). The summed E-state index contributed by atoms with van der Waals surface area (Å²) in [6.07, 6.45) is 9.68. The topological polar surface area (TPSA) is 51.0 Å². The van der Waals surface area contributed by atoms with E-state index in [0.717, 1.165) is 43.5 Å². The number of aryl methyl sites for hydroxylation is 1. The second kappa shape index (κ2) is 7.21. The third kappa shape index (κ3) is 5.61. The standard InChI is InChI=1S/C16H29N3O/c1-16(2,3)17-11-7-10-14-18-19-15(20-14)12-13-8-5-4-6-9-13/h13,17H,4-12H2,1-3H3. The molecule has 0 atom stereocenters. The molecule has 0 spiro atoms. The van der Waals surface area contributed by atoms with Crippen LogP contribution in [0.4, 0.5) is 0 Å². The van der Waals surface area contributed by atoms with Crippen molar-refractivity contribution in [3.05, 3.63) is 11.8 Å². The summed E-state index contributed by atoms with van der Waals surface area (Å²) in [5, 5.41) is 11.8. The fourth-order valence-corrected chi connectivity index (χ4v) is 2.81. The maximum Gasteiger partial charge on any atom is 0.216 e. The molecule has 20 heavy (non-hydrogen) atoms. The molecule has 4 nitrogen and oxygen atoms in total. The van der Waals surface area contributed by atoms with Gasteiger partial charge in [-0.3, -0.25) is 0 Å². The zero-order valence-corrected chi connectivity index (χ0v) is 13.2. The van der Waals surface area contributed by atoms with Gasteiger partial charge in [-0.2, -0.15) is 0 Å². The Kier molecular flexibility index (Phi) is 5.58. The highest BCUT2D eigenvalue weighted by Crippen LogP contribution is 2.26. The zero-order valence-electron chi connectivity index (χ0n) is 13.2. The molecule has 1 N–H and O–H groups in total. The molecular formula is C16H29N3O. The van der Waals surface area contributed by atoms with Crippen molar-refractivity contribution in [1.29, 1.82) is 0 Å². The third-order valence-corrected chi connectivity index (χ3v) is 3.92. The quantitative estimate of drug-likeness (QED) is 0.810. The Labute approximate surface area is 122 Å². The smallest absolute Gasteiger partial charge is 0.216 e. The van der Waals surface area contributed by atoms with Crippen molar-refractivity contribution in [3.8, 4) is 0 Å². The van der Waals surface area contributed by atoms with Crippen LogP contribution < -0.4 is 5.32 Å². The summed E-state index contributed by atoms with van der Waals surface area (Å²) in [7, 11) is 0. The van der Waals surface area contributed by atoms with E-state index in [1.165, 1.54) is 32.1 Å². The average molecular weight is 279 g/mol. The van der Waals surface area contributed by atoms with Crippen LogP contribution in [-0.4, -0.2) is 22.3 Å². The van der Waals surface area contributed by atoms with Crippen molar-refractivity contribution in [2.24, 2.45) is 5.92 Å². The Balaban J connectivity index is 1.69. The molecule has 1 saturated carbocycles. The van der Waals surface area contributed by atoms with Gasteiger partial charge in [0, 0.05) is 18.4 Å². The Morgan fingerprint density at radius 3 is 2.50 bits per heavy atom. The van der Waals surface area contributed by atoms with Crippen molar-refractivity contribution in [2.45, 2.75) is 77.7 Å². The monoisotopic (exact) mass is 279 g/mol. The van der Waals surface area contributed by atoms with Crippen LogP contribution in [0, 0.1) is 5.92 Å². The average Bonchev–Trinajstić information content (AvgIpc) is 2.82. The lowest BCUT2D eigenvalue weighted by Crippen LogP contribution is -2.36. The summed E-state index contributed by atoms with van der Waals surface area (Å²) < 4.78 is 5.77. The van der Waals surface area contributed by atoms with Crippen LogP contribution in [-0.2, 0) is 12.8 Å². The lowest BCUT2D eigenvalue weighted by molar-refractivity contribution is 0.323. The highest BCUT2D eigenvalue weighted by atomic mass is 16.4. The van der Waals surface area contributed by atoms with Gasteiger partial charge in [-0.15, -0.1) is 10.2 Å². The normalized spacial score (nSPS) is 17.6. The van der Waals surface area contributed by atoms with E-state index < -0.39 is 0 Å². The van der Waals surface area contributed by atoms with E-state index in [2.05, 4.69) is 36.3 Å². The molecule has 1 aromatic rings. The van der Waals surface area contributed by atoms with E-state index in [4.69, 9.17) is 4.42 Å². The van der Waals surface area contributed by atoms with Crippen molar-refractivity contribution in [2.75, 3.05) is 6.54 Å². The molecule has 0 radical (unpaired) electrons. The molecule has 0 bridgehead atoms. The van der Waals surface area contributed by atoms with Crippen molar-refractivity contribution >= 4 is 0 Å². The van der Waals surface area contributed by atoms with Gasteiger partial charge < -0.3 is 9.73 Å². The van der Waals surface area contributed by atoms with Gasteiger partial charge in [0.05, 0.1) is 0 Å². The van der Waals surface area contributed by atoms with Crippen molar-refractivity contribution in [3.63, 3.8) is 0 Å². The Bertz CT molecular complexity index is 389. The second-order valence-electron chi connectivity index (χ2n) is 7.08. The Hall–Kier alpha value is -0.900. The summed E-state index contributed by atoms with van der Waals surface area (Å²) in [6.45, 7) is 7.54. The van der Waals surface area contributed by atoms with Crippen LogP contribution in [0.3, 0.4) is 0 Å². The maximum atomic E-state index is 5.77. The molecule has 1 aliphatic carbocycles. The maximum absolute atomic E-state index is 5.77. The molecule has 1 aliphatic rings. The van der Waals surface area contributed by atoms with Gasteiger partial charge in [0.25, 0.3) is 0 Å². The van der Waals surface area contributed by atoms with Gasteiger partial charge in [0.2, 0.25) is 11.8 Å². The first-order chi connectivity index (χ1) is 9.53. The molecule has 1 fully saturated rings. The van der Waals surface area contributed by atoms with E-state index in [9.17, 15) is 0 Å². The van der Waals surface area contributed by atoms with E-state index in [1.54, 1.807) is 0 Å². The van der Waals surface area contributed by atoms with E-state index in [-0.39, 0.29) is 5.54 Å². The number of hydrogen-bond donors (Lipinski definition) is 1. The first kappa shape index (κ1) is 15.5. The number of nitrogens with zero attached hydrogens (tertiary/aromatic N) is 2. The lowest BCUT2D eigenvalue weighted by atomic mass is 9.87. The fraction of sp³-hybridized carbons (Fsp3) is 0.875. The van der Waals surface area contributed by atoms with E-state index in [1.807, 2.05) is 0 Å². The third-order valence-electron chi connectivity index (χ3n) is 3.92. The van der Waals surface area contributed by atoms with Crippen molar-refractivity contribution in [1.82, 2.24) is 15.5 Å². The molecule has 1 aromatic heterocycles. The number of rotatable bonds is 6. The zero-order chi connectivity index (χ0) is 14.4. The van der Waals surface area contributed by atoms with Crippen LogP contribution in [0.1, 0.15) is 71.1 Å². The van der Waals surface area contributed by atoms with Gasteiger partial charge in [0.15, 0.2) is 0 Å². The molecule has 114 valence electrons. The molecule has 0 aromatic carbocycles. The SMILES string of the molecule is CC(C)(C)NCCCc1nnc(CC2CCCCC2)o1. The van der Waals surface area contributed by atoms with Crippen LogP contribution >= 0.6 is 0 Å². The van der Waals surface area contributed by atoms with E-state index >= 15 is 0 Å². The minimum atomic E-state index is 0.182. The molecule has 0 unspecified atom stereocenters. The molecule has 0 amide bonds. The fourth-order valence-electron chi connectivity index (χ4n) is 2.81. The molecular weight excluding hydrogens is 250 g/mol. The van der Waals surface area contributed by atoms with Crippen LogP contribution in [0.5, 0.6) is 0 Å². The summed E-state index contributed by atoms with van der Waals surface area (Å²) in [5.74, 6) is 2.40. The summed E-state index contributed by atoms with van der Waals surface area (Å²) in [4.78, 5) is 0. The number of aromatic nitrogens is 2. The molecule has 0 saturated heterocycles. The van der Waals surface area contributed by atoms with Gasteiger partial charge in [-0.05, 0) is 52.5 Å². The minimum Gasteiger partial charge on any atom is -0.425 e. The Morgan fingerprint density at radius 2 is 1.80 bits per heavy atom. The van der Waals surface area contributed by atoms with Gasteiger partial charge in [-0.1, -0.05) is 19.3 Å². The first-order valence-electron chi connectivity index (χ1n) is 8.09. The largest absolute Gasteiger partial charge is 0.425 e.